The van der Waals surface area contributed by atoms with Gasteiger partial charge in [0.1, 0.15) is 5.82 Å². The third-order valence-electron chi connectivity index (χ3n) is 2.08. The summed E-state index contributed by atoms with van der Waals surface area (Å²) >= 11 is 1.88. The highest BCUT2D eigenvalue weighted by atomic mass is 32.2. The van der Waals surface area contributed by atoms with Gasteiger partial charge in [0.2, 0.25) is 0 Å². The molecule has 0 radical (unpaired) electrons. The molecular weight excluding hydrogens is 180 g/mol. The van der Waals surface area contributed by atoms with Gasteiger partial charge >= 0.3 is 0 Å². The average Bonchev–Trinajstić information content (AvgIpc) is 2.27. The molecule has 0 aromatic rings. The predicted octanol–water partition coefficient (Wildman–Crippen LogP) is 2.16. The van der Waals surface area contributed by atoms with Crippen LogP contribution in [0.2, 0.25) is 0 Å². The fourth-order valence-electron chi connectivity index (χ4n) is 1.29. The quantitative estimate of drug-likeness (QED) is 0.639. The molecule has 0 aliphatic carbocycles. The Balaban J connectivity index is 2.32. The van der Waals surface area contributed by atoms with Gasteiger partial charge < -0.3 is 5.32 Å². The van der Waals surface area contributed by atoms with Gasteiger partial charge in [0.15, 0.2) is 0 Å². The molecule has 0 saturated heterocycles. The van der Waals surface area contributed by atoms with Gasteiger partial charge in [-0.3, -0.25) is 0 Å². The number of nitrogens with zero attached hydrogens (tertiary/aromatic N) is 1. The molecule has 3 heteroatoms. The molecule has 2 nitrogen and oxygen atoms in total. The van der Waals surface area contributed by atoms with Crippen molar-refractivity contribution in [2.24, 2.45) is 10.4 Å². The van der Waals surface area contributed by atoms with E-state index in [1.54, 1.807) is 0 Å². The van der Waals surface area contributed by atoms with Crippen molar-refractivity contribution >= 4 is 18.0 Å². The number of rotatable bonds is 0. The molecule has 2 rings (SSSR count). The van der Waals surface area contributed by atoms with E-state index in [1.807, 2.05) is 18.0 Å². The Hall–Kier alpha value is -0.700. The lowest BCUT2D eigenvalue weighted by molar-refractivity contribution is 0.693. The van der Waals surface area contributed by atoms with E-state index >= 15 is 0 Å². The highest BCUT2D eigenvalue weighted by Crippen LogP contribution is 2.29. The molecule has 13 heavy (non-hydrogen) atoms. The fourth-order valence-corrected chi connectivity index (χ4v) is 2.14. The van der Waals surface area contributed by atoms with Crippen LogP contribution in [-0.4, -0.2) is 18.5 Å². The normalized spacial score (nSPS) is 25.1. The average molecular weight is 194 g/mol. The molecule has 0 aromatic heterocycles. The maximum atomic E-state index is 4.46. The first kappa shape index (κ1) is 8.88. The van der Waals surface area contributed by atoms with Crippen molar-refractivity contribution in [2.75, 3.05) is 12.3 Å². The Labute approximate surface area is 83.2 Å². The van der Waals surface area contributed by atoms with Crippen LogP contribution in [0.5, 0.6) is 0 Å². The summed E-state index contributed by atoms with van der Waals surface area (Å²) in [4.78, 5) is 5.73. The zero-order valence-corrected chi connectivity index (χ0v) is 8.82. The van der Waals surface area contributed by atoms with Crippen LogP contribution in [0.25, 0.3) is 0 Å². The van der Waals surface area contributed by atoms with Crippen molar-refractivity contribution in [1.82, 2.24) is 5.32 Å². The fraction of sp³-hybridized carbons (Fsp3) is 0.500. The van der Waals surface area contributed by atoms with E-state index in [9.17, 15) is 0 Å². The Morgan fingerprint density at radius 2 is 2.38 bits per heavy atom. The van der Waals surface area contributed by atoms with Crippen LogP contribution in [0.15, 0.2) is 27.9 Å². The standard InChI is InChI=1S/C10H14N2S/c1-10(2)4-3-8-9(12-7-10)11-5-6-13-8/h3-4,7,11H,5-6H2,1-2H3. The smallest absolute Gasteiger partial charge is 0.139 e. The van der Waals surface area contributed by atoms with Gasteiger partial charge in [0, 0.05) is 28.8 Å². The highest BCUT2D eigenvalue weighted by Gasteiger charge is 2.17. The first-order chi connectivity index (χ1) is 6.17. The van der Waals surface area contributed by atoms with Gasteiger partial charge in [0.05, 0.1) is 0 Å². The van der Waals surface area contributed by atoms with Crippen LogP contribution in [-0.2, 0) is 0 Å². The lowest BCUT2D eigenvalue weighted by atomic mass is 9.95. The summed E-state index contributed by atoms with van der Waals surface area (Å²) in [5, 5.41) is 3.31. The summed E-state index contributed by atoms with van der Waals surface area (Å²) in [5.74, 6) is 2.18. The first-order valence-electron chi connectivity index (χ1n) is 4.53. The number of hydrogen-bond acceptors (Lipinski definition) is 3. The summed E-state index contributed by atoms with van der Waals surface area (Å²) in [6, 6.07) is 0. The third-order valence-corrected chi connectivity index (χ3v) is 3.12. The minimum absolute atomic E-state index is 0.0829. The van der Waals surface area contributed by atoms with E-state index in [2.05, 4.69) is 36.3 Å². The second-order valence-corrected chi connectivity index (χ2v) is 5.04. The zero-order chi connectivity index (χ0) is 9.31. The van der Waals surface area contributed by atoms with E-state index in [0.717, 1.165) is 18.1 Å². The molecule has 0 unspecified atom stereocenters. The Bertz CT molecular complexity index is 272. The summed E-state index contributed by atoms with van der Waals surface area (Å²) in [5.41, 5.74) is 0.0829. The molecular formula is C10H14N2S. The molecule has 0 spiro atoms. The molecule has 0 fully saturated rings. The SMILES string of the molecule is CC1(C)C=CC2=C(N=C1)NCCS2. The van der Waals surface area contributed by atoms with E-state index in [0.29, 0.717) is 0 Å². The van der Waals surface area contributed by atoms with Crippen LogP contribution >= 0.6 is 11.8 Å². The monoisotopic (exact) mass is 194 g/mol. The largest absolute Gasteiger partial charge is 0.368 e. The van der Waals surface area contributed by atoms with Gasteiger partial charge in [-0.05, 0) is 6.08 Å². The number of aliphatic imine (C=N–C) groups is 1. The predicted molar refractivity (Wildman–Crippen MR) is 58.9 cm³/mol. The van der Waals surface area contributed by atoms with Crippen molar-refractivity contribution in [3.05, 3.63) is 22.9 Å². The summed E-state index contributed by atoms with van der Waals surface area (Å²) in [7, 11) is 0. The maximum absolute atomic E-state index is 4.46. The van der Waals surface area contributed by atoms with E-state index in [4.69, 9.17) is 0 Å². The number of allylic oxidation sites excluding steroid dienone is 2. The molecule has 70 valence electrons. The summed E-state index contributed by atoms with van der Waals surface area (Å²) in [6.07, 6.45) is 6.39. The second-order valence-electron chi connectivity index (χ2n) is 3.90. The maximum Gasteiger partial charge on any atom is 0.139 e. The van der Waals surface area contributed by atoms with E-state index in [-0.39, 0.29) is 5.41 Å². The van der Waals surface area contributed by atoms with Crippen LogP contribution < -0.4 is 5.32 Å². The van der Waals surface area contributed by atoms with Crippen LogP contribution in [0, 0.1) is 5.41 Å². The minimum Gasteiger partial charge on any atom is -0.368 e. The Morgan fingerprint density at radius 1 is 1.54 bits per heavy atom. The van der Waals surface area contributed by atoms with Gasteiger partial charge in [-0.2, -0.15) is 0 Å². The third kappa shape index (κ3) is 1.97. The zero-order valence-electron chi connectivity index (χ0n) is 8.00. The molecule has 2 heterocycles. The number of hydrogen-bond donors (Lipinski definition) is 1. The van der Waals surface area contributed by atoms with Gasteiger partial charge in [-0.1, -0.05) is 19.9 Å². The Kier molecular flexibility index (Phi) is 2.20. The molecule has 0 atom stereocenters. The summed E-state index contributed by atoms with van der Waals surface area (Å²) in [6.45, 7) is 5.35. The van der Waals surface area contributed by atoms with Crippen molar-refractivity contribution in [2.45, 2.75) is 13.8 Å². The molecule has 2 aliphatic heterocycles. The number of nitrogens with one attached hydrogen (secondary N) is 1. The molecule has 0 saturated carbocycles. The highest BCUT2D eigenvalue weighted by molar-refractivity contribution is 8.03. The lowest BCUT2D eigenvalue weighted by Crippen LogP contribution is -2.20. The van der Waals surface area contributed by atoms with Crippen LogP contribution in [0.4, 0.5) is 0 Å². The molecule has 0 amide bonds. The lowest BCUT2D eigenvalue weighted by Gasteiger charge is -2.15. The van der Waals surface area contributed by atoms with Crippen LogP contribution in [0.1, 0.15) is 13.8 Å². The minimum atomic E-state index is 0.0829. The van der Waals surface area contributed by atoms with Gasteiger partial charge in [-0.25, -0.2) is 4.99 Å². The number of thioether (sulfide) groups is 1. The van der Waals surface area contributed by atoms with Crippen molar-refractivity contribution < 1.29 is 0 Å². The second kappa shape index (κ2) is 3.22. The van der Waals surface area contributed by atoms with E-state index < -0.39 is 0 Å². The van der Waals surface area contributed by atoms with Crippen LogP contribution in [0.3, 0.4) is 0 Å². The summed E-state index contributed by atoms with van der Waals surface area (Å²) < 4.78 is 0. The first-order valence-corrected chi connectivity index (χ1v) is 5.51. The molecule has 1 N–H and O–H groups in total. The van der Waals surface area contributed by atoms with Crippen molar-refractivity contribution in [3.63, 3.8) is 0 Å². The van der Waals surface area contributed by atoms with Crippen molar-refractivity contribution in [1.29, 1.82) is 0 Å². The molecule has 2 aliphatic rings. The Morgan fingerprint density at radius 3 is 3.23 bits per heavy atom. The van der Waals surface area contributed by atoms with E-state index in [1.165, 1.54) is 4.91 Å². The molecule has 0 bridgehead atoms. The van der Waals surface area contributed by atoms with Gasteiger partial charge in [0.25, 0.3) is 0 Å². The van der Waals surface area contributed by atoms with Gasteiger partial charge in [-0.15, -0.1) is 11.8 Å². The molecule has 0 aromatic carbocycles. The van der Waals surface area contributed by atoms with Crippen molar-refractivity contribution in [3.8, 4) is 0 Å². The topological polar surface area (TPSA) is 24.4 Å².